The van der Waals surface area contributed by atoms with Gasteiger partial charge in [-0.25, -0.2) is 0 Å². The van der Waals surface area contributed by atoms with Crippen LogP contribution in [-0.2, 0) is 0 Å². The van der Waals surface area contributed by atoms with Gasteiger partial charge in [-0.2, -0.15) is 26.3 Å². The van der Waals surface area contributed by atoms with Gasteiger partial charge in [-0.05, 0) is 20.8 Å². The molecular weight excluding hydrogens is 248 g/mol. The number of quaternary nitrogens is 1. The Balaban J connectivity index is 0.000000325. The van der Waals surface area contributed by atoms with Crippen LogP contribution in [0.15, 0.2) is 0 Å². The van der Waals surface area contributed by atoms with Crippen LogP contribution in [0, 0.1) is 0 Å². The van der Waals surface area contributed by atoms with Crippen molar-refractivity contribution in [2.24, 2.45) is 0 Å². The summed E-state index contributed by atoms with van der Waals surface area (Å²) in [6, 6.07) is 0. The van der Waals surface area contributed by atoms with Crippen molar-refractivity contribution >= 4 is 0 Å². The molecule has 0 heterocycles. The molecule has 1 rings (SSSR count). The van der Waals surface area contributed by atoms with E-state index in [2.05, 4.69) is 20.8 Å². The van der Waals surface area contributed by atoms with Gasteiger partial charge in [0.25, 0.3) is 0 Å². The SMILES string of the molecule is CC[NH+](CC)CC.FC1(F)CC(F)(F)C1(F)F. The zero-order valence-electron chi connectivity index (χ0n) is 10.1. The highest BCUT2D eigenvalue weighted by atomic mass is 19.4. The third-order valence-corrected chi connectivity index (χ3v) is 2.86. The van der Waals surface area contributed by atoms with E-state index in [9.17, 15) is 26.3 Å². The lowest BCUT2D eigenvalue weighted by molar-refractivity contribution is -0.894. The van der Waals surface area contributed by atoms with Gasteiger partial charge in [-0.1, -0.05) is 0 Å². The third-order valence-electron chi connectivity index (χ3n) is 2.86. The van der Waals surface area contributed by atoms with Crippen LogP contribution in [0.25, 0.3) is 0 Å². The lowest BCUT2D eigenvalue weighted by Gasteiger charge is -2.42. The molecule has 1 aliphatic carbocycles. The topological polar surface area (TPSA) is 4.44 Å². The lowest BCUT2D eigenvalue weighted by atomic mass is 9.84. The van der Waals surface area contributed by atoms with Gasteiger partial charge in [-0.3, -0.25) is 0 Å². The van der Waals surface area contributed by atoms with E-state index >= 15 is 0 Å². The predicted octanol–water partition coefficient (Wildman–Crippen LogP) is 2.23. The smallest absolute Gasteiger partial charge is 0.336 e. The summed E-state index contributed by atoms with van der Waals surface area (Å²) < 4.78 is 69.5. The Morgan fingerprint density at radius 2 is 1.06 bits per heavy atom. The maximum Gasteiger partial charge on any atom is 0.372 e. The Morgan fingerprint density at radius 3 is 1.06 bits per heavy atom. The van der Waals surface area contributed by atoms with Crippen LogP contribution < -0.4 is 4.90 Å². The Bertz CT molecular complexity index is 215. The van der Waals surface area contributed by atoms with Crippen LogP contribution in [0.5, 0.6) is 0 Å². The number of hydrogen-bond donors (Lipinski definition) is 1. The van der Waals surface area contributed by atoms with E-state index in [4.69, 9.17) is 0 Å². The highest BCUT2D eigenvalue weighted by Gasteiger charge is 2.83. The van der Waals surface area contributed by atoms with Gasteiger partial charge in [0.15, 0.2) is 0 Å². The molecule has 1 saturated carbocycles. The van der Waals surface area contributed by atoms with Crippen LogP contribution >= 0.6 is 0 Å². The van der Waals surface area contributed by atoms with Crippen LogP contribution in [-0.4, -0.2) is 37.4 Å². The fraction of sp³-hybridized carbons (Fsp3) is 1.00. The van der Waals surface area contributed by atoms with Crippen LogP contribution in [0.2, 0.25) is 0 Å². The molecule has 7 heteroatoms. The number of hydrogen-bond acceptors (Lipinski definition) is 0. The van der Waals surface area contributed by atoms with Crippen molar-refractivity contribution < 1.29 is 31.2 Å². The van der Waals surface area contributed by atoms with Crippen molar-refractivity contribution in [2.45, 2.75) is 45.0 Å². The molecule has 0 aliphatic heterocycles. The summed E-state index contributed by atoms with van der Waals surface area (Å²) in [7, 11) is 0. The minimum absolute atomic E-state index is 1.27. The molecule has 0 saturated heterocycles. The highest BCUT2D eigenvalue weighted by molar-refractivity contribution is 5.09. The molecule has 0 aromatic carbocycles. The van der Waals surface area contributed by atoms with Crippen molar-refractivity contribution in [3.8, 4) is 0 Å². The molecule has 0 unspecified atom stereocenters. The molecule has 0 atom stereocenters. The fourth-order valence-electron chi connectivity index (χ4n) is 1.41. The Kier molecular flexibility index (Phi) is 5.31. The summed E-state index contributed by atoms with van der Waals surface area (Å²) in [6.45, 7) is 10.5. The summed E-state index contributed by atoms with van der Waals surface area (Å²) in [4.78, 5) is 1.68. The summed E-state index contributed by atoms with van der Waals surface area (Å²) in [6.07, 6.45) is -2.05. The zero-order valence-corrected chi connectivity index (χ0v) is 10.1. The van der Waals surface area contributed by atoms with Crippen molar-refractivity contribution in [1.82, 2.24) is 0 Å². The summed E-state index contributed by atoms with van der Waals surface area (Å²) >= 11 is 0. The Morgan fingerprint density at radius 1 is 0.765 bits per heavy atom. The first kappa shape index (κ1) is 16.5. The molecular formula is C10H18F6N+. The first-order chi connectivity index (χ1) is 7.55. The quantitative estimate of drug-likeness (QED) is 0.747. The summed E-state index contributed by atoms with van der Waals surface area (Å²) in [5.41, 5.74) is 0. The predicted molar refractivity (Wildman–Crippen MR) is 52.0 cm³/mol. The van der Waals surface area contributed by atoms with Gasteiger partial charge >= 0.3 is 17.8 Å². The molecule has 1 nitrogen and oxygen atoms in total. The van der Waals surface area contributed by atoms with E-state index in [0.717, 1.165) is 0 Å². The first-order valence-corrected chi connectivity index (χ1v) is 5.52. The molecule has 0 spiro atoms. The van der Waals surface area contributed by atoms with Gasteiger partial charge in [0.2, 0.25) is 0 Å². The summed E-state index contributed by atoms with van der Waals surface area (Å²) in [5, 5.41) is 0. The van der Waals surface area contributed by atoms with Crippen molar-refractivity contribution in [3.63, 3.8) is 0 Å². The average Bonchev–Trinajstić information content (AvgIpc) is 2.19. The van der Waals surface area contributed by atoms with Crippen LogP contribution in [0.1, 0.15) is 27.2 Å². The standard InChI is InChI=1S/C6H15N.C4H2F6/c1-4-7(5-2)6-3;5-2(6)1-3(7,8)4(2,9)10/h4-6H2,1-3H3;1H2/p+1. The minimum Gasteiger partial charge on any atom is -0.336 e. The first-order valence-electron chi connectivity index (χ1n) is 5.52. The van der Waals surface area contributed by atoms with Gasteiger partial charge in [0.05, 0.1) is 26.1 Å². The average molecular weight is 266 g/mol. The van der Waals surface area contributed by atoms with E-state index in [1.54, 1.807) is 4.90 Å². The van der Waals surface area contributed by atoms with E-state index in [1.165, 1.54) is 19.6 Å². The maximum atomic E-state index is 11.6. The molecule has 0 bridgehead atoms. The van der Waals surface area contributed by atoms with E-state index in [1.807, 2.05) is 0 Å². The normalized spacial score (nSPS) is 23.6. The van der Waals surface area contributed by atoms with Crippen molar-refractivity contribution in [1.29, 1.82) is 0 Å². The minimum atomic E-state index is -5.15. The van der Waals surface area contributed by atoms with E-state index in [-0.39, 0.29) is 0 Å². The maximum absolute atomic E-state index is 11.6. The zero-order chi connectivity index (χ0) is 13.9. The molecule has 0 aromatic rings. The highest BCUT2D eigenvalue weighted by Crippen LogP contribution is 2.60. The third kappa shape index (κ3) is 3.26. The fourth-order valence-corrected chi connectivity index (χ4v) is 1.41. The molecule has 0 radical (unpaired) electrons. The number of rotatable bonds is 3. The Hall–Kier alpha value is -0.460. The van der Waals surface area contributed by atoms with Crippen LogP contribution in [0.3, 0.4) is 0 Å². The van der Waals surface area contributed by atoms with Gasteiger partial charge < -0.3 is 4.90 Å². The number of alkyl halides is 6. The lowest BCUT2D eigenvalue weighted by Crippen LogP contribution is -3.11. The second-order valence-electron chi connectivity index (χ2n) is 3.97. The second-order valence-corrected chi connectivity index (χ2v) is 3.97. The molecule has 1 N–H and O–H groups in total. The number of halogens is 6. The van der Waals surface area contributed by atoms with Gasteiger partial charge in [0.1, 0.15) is 0 Å². The van der Waals surface area contributed by atoms with Crippen LogP contribution in [0.4, 0.5) is 26.3 Å². The molecule has 0 aromatic heterocycles. The number of nitrogens with one attached hydrogen (secondary N) is 1. The van der Waals surface area contributed by atoms with Crippen molar-refractivity contribution in [2.75, 3.05) is 19.6 Å². The van der Waals surface area contributed by atoms with E-state index in [0.29, 0.717) is 0 Å². The molecule has 17 heavy (non-hydrogen) atoms. The van der Waals surface area contributed by atoms with E-state index < -0.39 is 24.2 Å². The molecule has 0 amide bonds. The van der Waals surface area contributed by atoms with Gasteiger partial charge in [0, 0.05) is 0 Å². The van der Waals surface area contributed by atoms with Crippen molar-refractivity contribution in [3.05, 3.63) is 0 Å². The Labute approximate surface area is 96.8 Å². The monoisotopic (exact) mass is 266 g/mol. The second kappa shape index (κ2) is 5.46. The molecule has 1 fully saturated rings. The largest absolute Gasteiger partial charge is 0.372 e. The molecule has 104 valence electrons. The molecule has 1 aliphatic rings. The van der Waals surface area contributed by atoms with Gasteiger partial charge in [-0.15, -0.1) is 0 Å². The summed E-state index contributed by atoms with van der Waals surface area (Å²) in [5.74, 6) is -14.2.